The molecule has 138 valence electrons. The van der Waals surface area contributed by atoms with Crippen molar-refractivity contribution in [3.63, 3.8) is 0 Å². The maximum absolute atomic E-state index is 12.3. The smallest absolute Gasteiger partial charge is 0.339 e. The number of amides is 1. The fourth-order valence-corrected chi connectivity index (χ4v) is 2.33. The number of nitrogens with one attached hydrogen (secondary N) is 1. The molecule has 0 spiro atoms. The van der Waals surface area contributed by atoms with Crippen LogP contribution >= 0.6 is 0 Å². The summed E-state index contributed by atoms with van der Waals surface area (Å²) in [6, 6.07) is 11.7. The minimum absolute atomic E-state index is 0.0753. The van der Waals surface area contributed by atoms with Crippen LogP contribution in [-0.2, 0) is 11.3 Å². The molecule has 2 aromatic rings. The number of ether oxygens (including phenoxy) is 3. The molecular weight excluding hydrogens is 338 g/mol. The van der Waals surface area contributed by atoms with Crippen molar-refractivity contribution in [2.45, 2.75) is 19.6 Å². The van der Waals surface area contributed by atoms with Crippen LogP contribution < -0.4 is 19.5 Å². The van der Waals surface area contributed by atoms with Crippen LogP contribution in [0.25, 0.3) is 0 Å². The average molecular weight is 359 g/mol. The number of aromatic carboxylic acids is 1. The lowest BCUT2D eigenvalue weighted by Crippen LogP contribution is -2.36. The Morgan fingerprint density at radius 3 is 2.46 bits per heavy atom. The molecule has 0 bridgehead atoms. The highest BCUT2D eigenvalue weighted by atomic mass is 16.5. The van der Waals surface area contributed by atoms with Gasteiger partial charge in [0.1, 0.15) is 22.8 Å². The summed E-state index contributed by atoms with van der Waals surface area (Å²) < 4.78 is 15.8. The van der Waals surface area contributed by atoms with Crippen molar-refractivity contribution in [3.05, 3.63) is 53.6 Å². The molecule has 0 radical (unpaired) electrons. The molecule has 0 aliphatic carbocycles. The number of rotatable bonds is 8. The summed E-state index contributed by atoms with van der Waals surface area (Å²) >= 11 is 0. The van der Waals surface area contributed by atoms with Gasteiger partial charge in [0.2, 0.25) is 0 Å². The Morgan fingerprint density at radius 1 is 1.08 bits per heavy atom. The Hall–Kier alpha value is -3.22. The number of hydrogen-bond acceptors (Lipinski definition) is 5. The van der Waals surface area contributed by atoms with Crippen LogP contribution in [0, 0.1) is 0 Å². The highest BCUT2D eigenvalue weighted by molar-refractivity contribution is 5.91. The van der Waals surface area contributed by atoms with E-state index in [9.17, 15) is 14.7 Å². The lowest BCUT2D eigenvalue weighted by atomic mass is 10.2. The number of carbonyl (C=O) groups is 2. The zero-order valence-corrected chi connectivity index (χ0v) is 14.8. The van der Waals surface area contributed by atoms with E-state index in [0.29, 0.717) is 11.5 Å². The first-order valence-electron chi connectivity index (χ1n) is 7.93. The molecule has 0 aliphatic heterocycles. The standard InChI is InChI=1S/C19H21NO6/c1-12(18(21)20-11-13-6-4-5-7-16(13)25-3)26-17-9-8-14(24-2)10-15(17)19(22)23/h4-10,12H,11H2,1-3H3,(H,20,21)(H,22,23). The van der Waals surface area contributed by atoms with Crippen LogP contribution in [0.3, 0.4) is 0 Å². The fourth-order valence-electron chi connectivity index (χ4n) is 2.33. The van der Waals surface area contributed by atoms with Crippen molar-refractivity contribution in [2.75, 3.05) is 14.2 Å². The number of carboxylic acids is 1. The summed E-state index contributed by atoms with van der Waals surface area (Å²) in [7, 11) is 3.00. The Kier molecular flexibility index (Phi) is 6.43. The van der Waals surface area contributed by atoms with E-state index >= 15 is 0 Å². The molecule has 0 aliphatic rings. The van der Waals surface area contributed by atoms with E-state index < -0.39 is 12.1 Å². The molecule has 2 N–H and O–H groups in total. The fraction of sp³-hybridized carbons (Fsp3) is 0.263. The van der Waals surface area contributed by atoms with E-state index in [4.69, 9.17) is 14.2 Å². The lowest BCUT2D eigenvalue weighted by molar-refractivity contribution is -0.127. The molecule has 0 aromatic heterocycles. The highest BCUT2D eigenvalue weighted by Crippen LogP contribution is 2.25. The van der Waals surface area contributed by atoms with Crippen molar-refractivity contribution in [3.8, 4) is 17.2 Å². The lowest BCUT2D eigenvalue weighted by Gasteiger charge is -2.17. The highest BCUT2D eigenvalue weighted by Gasteiger charge is 2.19. The third-order valence-electron chi connectivity index (χ3n) is 3.74. The number of carbonyl (C=O) groups excluding carboxylic acids is 1. The maximum Gasteiger partial charge on any atom is 0.339 e. The minimum Gasteiger partial charge on any atom is -0.497 e. The number of benzene rings is 2. The number of para-hydroxylation sites is 1. The van der Waals surface area contributed by atoms with E-state index in [-0.39, 0.29) is 23.8 Å². The van der Waals surface area contributed by atoms with Gasteiger partial charge >= 0.3 is 5.97 Å². The molecule has 2 rings (SSSR count). The normalized spacial score (nSPS) is 11.3. The van der Waals surface area contributed by atoms with E-state index in [1.54, 1.807) is 26.2 Å². The van der Waals surface area contributed by atoms with Crippen molar-refractivity contribution < 1.29 is 28.9 Å². The van der Waals surface area contributed by atoms with Crippen LogP contribution in [0.15, 0.2) is 42.5 Å². The van der Waals surface area contributed by atoms with Crippen LogP contribution in [0.2, 0.25) is 0 Å². The van der Waals surface area contributed by atoms with Crippen molar-refractivity contribution in [1.82, 2.24) is 5.32 Å². The number of methoxy groups -OCH3 is 2. The Labute approximate surface area is 151 Å². The topological polar surface area (TPSA) is 94.1 Å². The van der Waals surface area contributed by atoms with Gasteiger partial charge in [-0.15, -0.1) is 0 Å². The third-order valence-corrected chi connectivity index (χ3v) is 3.74. The maximum atomic E-state index is 12.3. The summed E-state index contributed by atoms with van der Waals surface area (Å²) in [4.78, 5) is 23.6. The van der Waals surface area contributed by atoms with Crippen molar-refractivity contribution in [1.29, 1.82) is 0 Å². The first-order chi connectivity index (χ1) is 12.5. The second kappa shape index (κ2) is 8.75. The van der Waals surface area contributed by atoms with Gasteiger partial charge in [-0.25, -0.2) is 4.79 Å². The summed E-state index contributed by atoms with van der Waals surface area (Å²) in [6.45, 7) is 1.82. The second-order valence-corrected chi connectivity index (χ2v) is 5.46. The molecule has 0 heterocycles. The van der Waals surface area contributed by atoms with Crippen LogP contribution in [0.4, 0.5) is 0 Å². The van der Waals surface area contributed by atoms with Gasteiger partial charge in [0.05, 0.1) is 14.2 Å². The molecule has 0 saturated carbocycles. The predicted molar refractivity (Wildman–Crippen MR) is 94.9 cm³/mol. The second-order valence-electron chi connectivity index (χ2n) is 5.46. The van der Waals surface area contributed by atoms with E-state index in [1.165, 1.54) is 19.2 Å². The Morgan fingerprint density at radius 2 is 1.81 bits per heavy atom. The van der Waals surface area contributed by atoms with Gasteiger partial charge in [0.25, 0.3) is 5.91 Å². The third kappa shape index (κ3) is 4.66. The average Bonchev–Trinajstić information content (AvgIpc) is 2.66. The van der Waals surface area contributed by atoms with Gasteiger partial charge in [-0.2, -0.15) is 0 Å². The summed E-state index contributed by atoms with van der Waals surface area (Å²) in [5.41, 5.74) is 0.750. The molecule has 0 fully saturated rings. The van der Waals surface area contributed by atoms with Gasteiger partial charge in [-0.3, -0.25) is 4.79 Å². The zero-order chi connectivity index (χ0) is 19.1. The SMILES string of the molecule is COc1ccc(OC(C)C(=O)NCc2ccccc2OC)c(C(=O)O)c1. The summed E-state index contributed by atoms with van der Waals surface area (Å²) in [6.07, 6.45) is -0.879. The predicted octanol–water partition coefficient (Wildman–Crippen LogP) is 2.49. The number of carboxylic acid groups (broad SMARTS) is 1. The van der Waals surface area contributed by atoms with E-state index in [1.807, 2.05) is 18.2 Å². The van der Waals surface area contributed by atoms with E-state index in [2.05, 4.69) is 5.32 Å². The quantitative estimate of drug-likeness (QED) is 0.752. The zero-order valence-electron chi connectivity index (χ0n) is 14.8. The molecule has 0 saturated heterocycles. The molecule has 7 heteroatoms. The van der Waals surface area contributed by atoms with Gasteiger partial charge < -0.3 is 24.6 Å². The summed E-state index contributed by atoms with van der Waals surface area (Å²) in [5.74, 6) is -0.380. The number of hydrogen-bond donors (Lipinski definition) is 2. The molecule has 1 unspecified atom stereocenters. The first kappa shape index (κ1) is 19.1. The van der Waals surface area contributed by atoms with Crippen LogP contribution in [0.5, 0.6) is 17.2 Å². The van der Waals surface area contributed by atoms with Gasteiger partial charge in [-0.1, -0.05) is 18.2 Å². The minimum atomic E-state index is -1.17. The molecule has 2 aromatic carbocycles. The van der Waals surface area contributed by atoms with Gasteiger partial charge in [0, 0.05) is 12.1 Å². The van der Waals surface area contributed by atoms with Gasteiger partial charge in [-0.05, 0) is 31.2 Å². The molecular formula is C19H21NO6. The first-order valence-corrected chi connectivity index (χ1v) is 7.93. The summed E-state index contributed by atoms with van der Waals surface area (Å²) in [5, 5.41) is 12.0. The van der Waals surface area contributed by atoms with Crippen molar-refractivity contribution in [2.24, 2.45) is 0 Å². The largest absolute Gasteiger partial charge is 0.497 e. The molecule has 1 amide bonds. The van der Waals surface area contributed by atoms with Gasteiger partial charge in [0.15, 0.2) is 6.10 Å². The Bertz CT molecular complexity index is 789. The molecule has 26 heavy (non-hydrogen) atoms. The van der Waals surface area contributed by atoms with Crippen LogP contribution in [-0.4, -0.2) is 37.3 Å². The molecule has 1 atom stereocenters. The van der Waals surface area contributed by atoms with Crippen LogP contribution in [0.1, 0.15) is 22.8 Å². The van der Waals surface area contributed by atoms with E-state index in [0.717, 1.165) is 5.56 Å². The van der Waals surface area contributed by atoms with Crippen molar-refractivity contribution >= 4 is 11.9 Å². The Balaban J connectivity index is 2.04. The monoisotopic (exact) mass is 359 g/mol. The molecule has 7 nitrogen and oxygen atoms in total.